The van der Waals surface area contributed by atoms with Crippen LogP contribution in [0.15, 0.2) is 30.9 Å². The number of ether oxygens (including phenoxy) is 2. The van der Waals surface area contributed by atoms with E-state index >= 15 is 0 Å². The molecule has 0 aliphatic carbocycles. The molecule has 0 saturated carbocycles. The van der Waals surface area contributed by atoms with Gasteiger partial charge in [-0.3, -0.25) is 9.78 Å². The summed E-state index contributed by atoms with van der Waals surface area (Å²) >= 11 is 0. The number of nitrogens with one attached hydrogen (secondary N) is 1. The first kappa shape index (κ1) is 16.2. The molecule has 2 aliphatic heterocycles. The van der Waals surface area contributed by atoms with E-state index in [1.807, 2.05) is 0 Å². The lowest BCUT2D eigenvalue weighted by Crippen LogP contribution is -2.51. The Morgan fingerprint density at radius 1 is 1.28 bits per heavy atom. The third kappa shape index (κ3) is 3.54. The van der Waals surface area contributed by atoms with Crippen molar-refractivity contribution >= 4 is 5.91 Å². The van der Waals surface area contributed by atoms with Gasteiger partial charge in [0.2, 0.25) is 0 Å². The highest BCUT2D eigenvalue weighted by Crippen LogP contribution is 2.34. The molecule has 25 heavy (non-hydrogen) atoms. The molecule has 1 spiro atoms. The number of hydrogen-bond donors (Lipinski definition) is 1. The summed E-state index contributed by atoms with van der Waals surface area (Å²) in [6.45, 7) is 2.12. The van der Waals surface area contributed by atoms with E-state index in [0.717, 1.165) is 38.9 Å². The van der Waals surface area contributed by atoms with Crippen LogP contribution in [-0.4, -0.2) is 57.3 Å². The fourth-order valence-corrected chi connectivity index (χ4v) is 3.53. The minimum absolute atomic E-state index is 0.106. The average molecular weight is 343 g/mol. The van der Waals surface area contributed by atoms with Crippen LogP contribution in [0, 0.1) is 0 Å². The molecule has 2 aromatic rings. The topological polar surface area (TPSA) is 91.2 Å². The number of amides is 1. The van der Waals surface area contributed by atoms with Gasteiger partial charge in [0.1, 0.15) is 0 Å². The van der Waals surface area contributed by atoms with Crippen LogP contribution in [0.2, 0.25) is 0 Å². The van der Waals surface area contributed by atoms with Crippen LogP contribution in [0.3, 0.4) is 0 Å². The molecule has 1 amide bonds. The largest absolute Gasteiger partial charge is 0.381 e. The Bertz CT molecular complexity index is 722. The van der Waals surface area contributed by atoms with E-state index < -0.39 is 0 Å². The molecule has 2 saturated heterocycles. The summed E-state index contributed by atoms with van der Waals surface area (Å²) in [5.41, 5.74) is 1.08. The van der Waals surface area contributed by atoms with Gasteiger partial charge in [0.15, 0.2) is 0 Å². The average Bonchev–Trinajstić information content (AvgIpc) is 3.17. The molecule has 4 rings (SSSR count). The predicted molar refractivity (Wildman–Crippen MR) is 88.4 cm³/mol. The maximum atomic E-state index is 12.6. The lowest BCUT2D eigenvalue weighted by atomic mass is 9.84. The molecule has 4 heterocycles. The normalized spacial score (nSPS) is 22.6. The van der Waals surface area contributed by atoms with E-state index in [9.17, 15) is 4.79 Å². The molecular weight excluding hydrogens is 322 g/mol. The van der Waals surface area contributed by atoms with Gasteiger partial charge in [-0.1, -0.05) is 5.21 Å². The first-order chi connectivity index (χ1) is 12.2. The van der Waals surface area contributed by atoms with Crippen molar-refractivity contribution < 1.29 is 14.3 Å². The van der Waals surface area contributed by atoms with E-state index in [4.69, 9.17) is 9.47 Å². The van der Waals surface area contributed by atoms with Crippen LogP contribution in [0.5, 0.6) is 0 Å². The summed E-state index contributed by atoms with van der Waals surface area (Å²) in [7, 11) is 0. The number of nitrogens with zero attached hydrogens (tertiary/aromatic N) is 4. The fourth-order valence-electron chi connectivity index (χ4n) is 3.53. The van der Waals surface area contributed by atoms with Crippen molar-refractivity contribution in [2.24, 2.45) is 0 Å². The number of rotatable bonds is 3. The standard InChI is InChI=1S/C17H21N5O3/c23-16(13-9-15(12-18-11-13)22-5-4-19-21-22)20-14-1-6-25-17(10-14)2-7-24-8-3-17/h4-5,9,11-12,14H,1-3,6-8,10H2,(H,20,23). The van der Waals surface area contributed by atoms with Crippen LogP contribution < -0.4 is 5.32 Å². The lowest BCUT2D eigenvalue weighted by Gasteiger charge is -2.43. The Morgan fingerprint density at radius 2 is 2.16 bits per heavy atom. The zero-order valence-electron chi connectivity index (χ0n) is 13.9. The van der Waals surface area contributed by atoms with E-state index in [1.165, 1.54) is 0 Å². The summed E-state index contributed by atoms with van der Waals surface area (Å²) in [4.78, 5) is 16.8. The smallest absolute Gasteiger partial charge is 0.253 e. The Labute approximate surface area is 145 Å². The molecule has 132 valence electrons. The number of hydrogen-bond acceptors (Lipinski definition) is 6. The third-order valence-corrected chi connectivity index (χ3v) is 4.91. The van der Waals surface area contributed by atoms with Crippen LogP contribution in [0.1, 0.15) is 36.0 Å². The van der Waals surface area contributed by atoms with Crippen LogP contribution in [0.4, 0.5) is 0 Å². The molecule has 8 nitrogen and oxygen atoms in total. The molecule has 0 aromatic carbocycles. The molecule has 8 heteroatoms. The van der Waals surface area contributed by atoms with Gasteiger partial charge in [-0.2, -0.15) is 0 Å². The van der Waals surface area contributed by atoms with Crippen molar-refractivity contribution in [3.8, 4) is 5.69 Å². The minimum atomic E-state index is -0.144. The van der Waals surface area contributed by atoms with Crippen molar-refractivity contribution in [2.75, 3.05) is 19.8 Å². The number of pyridine rings is 1. The molecule has 2 aromatic heterocycles. The minimum Gasteiger partial charge on any atom is -0.381 e. The van der Waals surface area contributed by atoms with Gasteiger partial charge in [-0.05, 0) is 31.7 Å². The van der Waals surface area contributed by atoms with Crippen molar-refractivity contribution in [1.82, 2.24) is 25.3 Å². The second-order valence-electron chi connectivity index (χ2n) is 6.59. The van der Waals surface area contributed by atoms with E-state index in [2.05, 4.69) is 20.6 Å². The molecular formula is C17H21N5O3. The molecule has 1 unspecified atom stereocenters. The molecule has 1 atom stereocenters. The highest BCUT2D eigenvalue weighted by molar-refractivity contribution is 5.94. The van der Waals surface area contributed by atoms with Gasteiger partial charge in [-0.15, -0.1) is 5.10 Å². The van der Waals surface area contributed by atoms with E-state index in [1.54, 1.807) is 35.5 Å². The number of carbonyl (C=O) groups excluding carboxylic acids is 1. The fraction of sp³-hybridized carbons (Fsp3) is 0.529. The van der Waals surface area contributed by atoms with E-state index in [-0.39, 0.29) is 17.6 Å². The Morgan fingerprint density at radius 3 is 2.96 bits per heavy atom. The Balaban J connectivity index is 1.44. The second kappa shape index (κ2) is 6.89. The Kier molecular flexibility index (Phi) is 4.46. The molecule has 1 N–H and O–H groups in total. The van der Waals surface area contributed by atoms with Gasteiger partial charge in [0.05, 0.1) is 35.4 Å². The van der Waals surface area contributed by atoms with Gasteiger partial charge < -0.3 is 14.8 Å². The summed E-state index contributed by atoms with van der Waals surface area (Å²) in [6.07, 6.45) is 9.96. The van der Waals surface area contributed by atoms with Gasteiger partial charge in [-0.25, -0.2) is 4.68 Å². The number of carbonyl (C=O) groups is 1. The highest BCUT2D eigenvalue weighted by Gasteiger charge is 2.39. The zero-order valence-corrected chi connectivity index (χ0v) is 13.9. The van der Waals surface area contributed by atoms with Crippen molar-refractivity contribution in [3.05, 3.63) is 36.4 Å². The Hall–Kier alpha value is -2.32. The van der Waals surface area contributed by atoms with E-state index in [0.29, 0.717) is 17.9 Å². The lowest BCUT2D eigenvalue weighted by molar-refractivity contribution is -0.139. The molecule has 0 radical (unpaired) electrons. The highest BCUT2D eigenvalue weighted by atomic mass is 16.5. The predicted octanol–water partition coefficient (Wildman–Crippen LogP) is 1.12. The third-order valence-electron chi connectivity index (χ3n) is 4.91. The van der Waals surface area contributed by atoms with Crippen LogP contribution >= 0.6 is 0 Å². The summed E-state index contributed by atoms with van der Waals surface area (Å²) in [5, 5.41) is 10.8. The van der Waals surface area contributed by atoms with Gasteiger partial charge >= 0.3 is 0 Å². The number of aromatic nitrogens is 4. The summed E-state index contributed by atoms with van der Waals surface area (Å²) in [5.74, 6) is -0.122. The van der Waals surface area contributed by atoms with Crippen molar-refractivity contribution in [2.45, 2.75) is 37.3 Å². The zero-order chi connectivity index (χ0) is 17.1. The summed E-state index contributed by atoms with van der Waals surface area (Å²) < 4.78 is 13.1. The monoisotopic (exact) mass is 343 g/mol. The van der Waals surface area contributed by atoms with Gasteiger partial charge in [0, 0.05) is 32.1 Å². The van der Waals surface area contributed by atoms with Gasteiger partial charge in [0.25, 0.3) is 5.91 Å². The van der Waals surface area contributed by atoms with Crippen molar-refractivity contribution in [3.63, 3.8) is 0 Å². The quantitative estimate of drug-likeness (QED) is 0.898. The first-order valence-corrected chi connectivity index (χ1v) is 8.58. The van der Waals surface area contributed by atoms with Crippen LogP contribution in [0.25, 0.3) is 5.69 Å². The maximum absolute atomic E-state index is 12.6. The maximum Gasteiger partial charge on any atom is 0.253 e. The second-order valence-corrected chi connectivity index (χ2v) is 6.59. The molecule has 0 bridgehead atoms. The summed E-state index contributed by atoms with van der Waals surface area (Å²) in [6, 6.07) is 1.87. The molecule has 2 fully saturated rings. The SMILES string of the molecule is O=C(NC1CCOC2(CCOCC2)C1)c1cncc(-n2ccnn2)c1. The van der Waals surface area contributed by atoms with Crippen LogP contribution in [-0.2, 0) is 9.47 Å². The first-order valence-electron chi connectivity index (χ1n) is 8.58. The van der Waals surface area contributed by atoms with Crippen molar-refractivity contribution in [1.29, 1.82) is 0 Å². The molecule has 2 aliphatic rings.